The predicted molar refractivity (Wildman–Crippen MR) is 110 cm³/mol. The Morgan fingerprint density at radius 1 is 1.08 bits per heavy atom. The summed E-state index contributed by atoms with van der Waals surface area (Å²) < 4.78 is 11.4. The molecule has 0 aliphatic rings. The van der Waals surface area contributed by atoms with Crippen LogP contribution >= 0.6 is 0 Å². The van der Waals surface area contributed by atoms with Crippen LogP contribution in [0.15, 0.2) is 0 Å². The molecule has 154 valence electrons. The Labute approximate surface area is 162 Å². The van der Waals surface area contributed by atoms with Gasteiger partial charge in [0.1, 0.15) is 11.4 Å². The molecule has 0 aliphatic carbocycles. The minimum atomic E-state index is -1.18. The molecular formula is C20H41NO4Si. The van der Waals surface area contributed by atoms with E-state index in [1.807, 2.05) is 34.6 Å². The van der Waals surface area contributed by atoms with Gasteiger partial charge >= 0.3 is 6.09 Å². The summed E-state index contributed by atoms with van der Waals surface area (Å²) >= 11 is 0. The molecule has 0 aromatic carbocycles. The van der Waals surface area contributed by atoms with Crippen molar-refractivity contribution in [3.8, 4) is 0 Å². The standard InChI is InChI=1S/C20H41NO4Si/c1-11-12-15(22)16(19(3,4)5)17(14(2)13-24-26(9)10)21-18(23)25-20(6,7)8/h14,16-17,26H,11-13H2,1-10H3,(H,21,23)/t14?,16?,17-/m0/s1. The number of hydrogen-bond donors (Lipinski definition) is 1. The van der Waals surface area contributed by atoms with Gasteiger partial charge in [0.05, 0.1) is 0 Å². The quantitative estimate of drug-likeness (QED) is 0.590. The van der Waals surface area contributed by atoms with Crippen molar-refractivity contribution in [1.29, 1.82) is 0 Å². The molecule has 0 saturated carbocycles. The second-order valence-electron chi connectivity index (χ2n) is 9.59. The first kappa shape index (κ1) is 25.1. The molecule has 0 saturated heterocycles. The van der Waals surface area contributed by atoms with Crippen LogP contribution in [0.25, 0.3) is 0 Å². The summed E-state index contributed by atoms with van der Waals surface area (Å²) in [5, 5.41) is 3.00. The normalized spacial score (nSPS) is 16.1. The lowest BCUT2D eigenvalue weighted by atomic mass is 9.70. The van der Waals surface area contributed by atoms with Crippen molar-refractivity contribution in [1.82, 2.24) is 5.32 Å². The first-order valence-electron chi connectivity index (χ1n) is 9.82. The minimum absolute atomic E-state index is 0.0162. The van der Waals surface area contributed by atoms with E-state index >= 15 is 0 Å². The molecule has 0 aliphatic heterocycles. The van der Waals surface area contributed by atoms with E-state index in [2.05, 4.69) is 39.2 Å². The molecule has 0 aromatic rings. The fourth-order valence-corrected chi connectivity index (χ4v) is 3.76. The van der Waals surface area contributed by atoms with Crippen LogP contribution < -0.4 is 5.32 Å². The Kier molecular flexibility index (Phi) is 10.1. The van der Waals surface area contributed by atoms with E-state index in [4.69, 9.17) is 9.16 Å². The van der Waals surface area contributed by atoms with Gasteiger partial charge in [-0.2, -0.15) is 0 Å². The van der Waals surface area contributed by atoms with Crippen molar-refractivity contribution < 1.29 is 18.8 Å². The van der Waals surface area contributed by atoms with Gasteiger partial charge in [0.15, 0.2) is 9.04 Å². The highest BCUT2D eigenvalue weighted by molar-refractivity contribution is 6.48. The lowest BCUT2D eigenvalue weighted by Crippen LogP contribution is -2.53. The topological polar surface area (TPSA) is 64.6 Å². The number of alkyl carbamates (subject to hydrolysis) is 1. The number of rotatable bonds is 9. The average molecular weight is 388 g/mol. The summed E-state index contributed by atoms with van der Waals surface area (Å²) in [7, 11) is -1.18. The zero-order valence-electron chi connectivity index (χ0n) is 18.6. The molecule has 0 fully saturated rings. The van der Waals surface area contributed by atoms with Crippen LogP contribution in [0.4, 0.5) is 4.79 Å². The second-order valence-corrected chi connectivity index (χ2v) is 12.0. The Bertz CT molecular complexity index is 452. The Hall–Kier alpha value is -0.883. The molecule has 0 spiro atoms. The number of Topliss-reactive ketones (excluding diaryl/α,β-unsaturated/α-hetero) is 1. The van der Waals surface area contributed by atoms with Crippen molar-refractivity contribution in [2.75, 3.05) is 6.61 Å². The highest BCUT2D eigenvalue weighted by Crippen LogP contribution is 2.34. The molecular weight excluding hydrogens is 346 g/mol. The highest BCUT2D eigenvalue weighted by Gasteiger charge is 2.41. The van der Waals surface area contributed by atoms with E-state index in [0.29, 0.717) is 13.0 Å². The van der Waals surface area contributed by atoms with Gasteiger partial charge in [-0.1, -0.05) is 34.6 Å². The van der Waals surface area contributed by atoms with E-state index in [1.54, 1.807) is 0 Å². The third-order valence-electron chi connectivity index (χ3n) is 4.12. The predicted octanol–water partition coefficient (Wildman–Crippen LogP) is 4.55. The van der Waals surface area contributed by atoms with Gasteiger partial charge in [0.2, 0.25) is 0 Å². The first-order valence-corrected chi connectivity index (χ1v) is 12.6. The van der Waals surface area contributed by atoms with Crippen molar-refractivity contribution >= 4 is 20.9 Å². The van der Waals surface area contributed by atoms with Gasteiger partial charge < -0.3 is 14.5 Å². The molecule has 6 heteroatoms. The lowest BCUT2D eigenvalue weighted by molar-refractivity contribution is -0.128. The van der Waals surface area contributed by atoms with Crippen LogP contribution in [-0.4, -0.2) is 39.2 Å². The zero-order chi connectivity index (χ0) is 20.7. The molecule has 0 aromatic heterocycles. The fraction of sp³-hybridized carbons (Fsp3) is 0.900. The maximum absolute atomic E-state index is 12.9. The maximum Gasteiger partial charge on any atom is 0.407 e. The molecule has 0 radical (unpaired) electrons. The van der Waals surface area contributed by atoms with Crippen LogP contribution in [0.1, 0.15) is 68.2 Å². The molecule has 3 atom stereocenters. The smallest absolute Gasteiger partial charge is 0.407 e. The fourth-order valence-electron chi connectivity index (χ4n) is 3.07. The summed E-state index contributed by atoms with van der Waals surface area (Å²) in [5.41, 5.74) is -0.848. The van der Waals surface area contributed by atoms with Gasteiger partial charge in [-0.05, 0) is 51.6 Å². The van der Waals surface area contributed by atoms with Gasteiger partial charge in [0.25, 0.3) is 0 Å². The number of carbonyl (C=O) groups excluding carboxylic acids is 2. The van der Waals surface area contributed by atoms with Crippen LogP contribution in [0.2, 0.25) is 13.1 Å². The van der Waals surface area contributed by atoms with Crippen molar-refractivity contribution in [3.05, 3.63) is 0 Å². The molecule has 0 rings (SSSR count). The molecule has 0 bridgehead atoms. The molecule has 1 amide bonds. The van der Waals surface area contributed by atoms with E-state index in [1.165, 1.54) is 0 Å². The molecule has 5 nitrogen and oxygen atoms in total. The maximum atomic E-state index is 12.9. The summed E-state index contributed by atoms with van der Waals surface area (Å²) in [4.78, 5) is 25.4. The number of amides is 1. The summed E-state index contributed by atoms with van der Waals surface area (Å²) in [6.45, 7) is 20.5. The minimum Gasteiger partial charge on any atom is -0.444 e. The third kappa shape index (κ3) is 9.71. The van der Waals surface area contributed by atoms with Crippen molar-refractivity contribution in [3.63, 3.8) is 0 Å². The highest BCUT2D eigenvalue weighted by atomic mass is 28.3. The van der Waals surface area contributed by atoms with Crippen molar-refractivity contribution in [2.45, 2.75) is 93.0 Å². The SMILES string of the molecule is CCCC(=O)C([C@@H](NC(=O)OC(C)(C)C)C(C)CO[SiH](C)C)C(C)(C)C. The number of carbonyl (C=O) groups is 2. The third-order valence-corrected chi connectivity index (χ3v) is 4.98. The first-order chi connectivity index (χ1) is 11.7. The number of hydrogen-bond acceptors (Lipinski definition) is 4. The van der Waals surface area contributed by atoms with Gasteiger partial charge in [-0.15, -0.1) is 0 Å². The summed E-state index contributed by atoms with van der Waals surface area (Å²) in [6.07, 6.45) is 0.838. The molecule has 26 heavy (non-hydrogen) atoms. The van der Waals surface area contributed by atoms with Crippen LogP contribution in [-0.2, 0) is 14.0 Å². The van der Waals surface area contributed by atoms with E-state index < -0.39 is 20.7 Å². The molecule has 2 unspecified atom stereocenters. The van der Waals surface area contributed by atoms with E-state index in [9.17, 15) is 9.59 Å². The Morgan fingerprint density at radius 3 is 2.00 bits per heavy atom. The molecule has 1 N–H and O–H groups in total. The molecule has 0 heterocycles. The summed E-state index contributed by atoms with van der Waals surface area (Å²) in [5.74, 6) is -0.0838. The lowest BCUT2D eigenvalue weighted by Gasteiger charge is -2.39. The second kappa shape index (κ2) is 10.5. The monoisotopic (exact) mass is 387 g/mol. The Balaban J connectivity index is 5.61. The number of ketones is 1. The number of nitrogens with one attached hydrogen (secondary N) is 1. The number of ether oxygens (including phenoxy) is 1. The average Bonchev–Trinajstić information content (AvgIpc) is 2.40. The van der Waals surface area contributed by atoms with Crippen LogP contribution in [0, 0.1) is 17.3 Å². The Morgan fingerprint density at radius 2 is 1.62 bits per heavy atom. The van der Waals surface area contributed by atoms with Crippen LogP contribution in [0.3, 0.4) is 0 Å². The van der Waals surface area contributed by atoms with E-state index in [-0.39, 0.29) is 29.1 Å². The van der Waals surface area contributed by atoms with E-state index in [0.717, 1.165) is 6.42 Å². The van der Waals surface area contributed by atoms with Gasteiger partial charge in [0, 0.05) is 25.0 Å². The van der Waals surface area contributed by atoms with Gasteiger partial charge in [-0.3, -0.25) is 4.79 Å². The summed E-state index contributed by atoms with van der Waals surface area (Å²) in [6, 6.07) is -0.323. The van der Waals surface area contributed by atoms with Crippen LogP contribution in [0.5, 0.6) is 0 Å². The largest absolute Gasteiger partial charge is 0.444 e. The van der Waals surface area contributed by atoms with Crippen molar-refractivity contribution in [2.24, 2.45) is 17.3 Å². The zero-order valence-corrected chi connectivity index (χ0v) is 19.7. The van der Waals surface area contributed by atoms with Gasteiger partial charge in [-0.25, -0.2) is 4.79 Å².